The van der Waals surface area contributed by atoms with Crippen LogP contribution in [0, 0.1) is 6.92 Å². The molecule has 0 spiro atoms. The first-order valence-electron chi connectivity index (χ1n) is 15.6. The maximum Gasteiger partial charge on any atom is 0.364 e. The van der Waals surface area contributed by atoms with Crippen LogP contribution in [0.4, 0.5) is 5.69 Å². The van der Waals surface area contributed by atoms with Gasteiger partial charge in [-0.25, -0.2) is 9.59 Å². The molecule has 4 N–H and O–H groups in total. The highest BCUT2D eigenvalue weighted by Crippen LogP contribution is 2.43. The number of hydrogen-bond donors (Lipinski definition) is 4. The number of thiophene rings is 1. The van der Waals surface area contributed by atoms with Crippen molar-refractivity contribution in [3.05, 3.63) is 85.4 Å². The summed E-state index contributed by atoms with van der Waals surface area (Å²) in [5.41, 5.74) is -1.27. The Bertz CT molecular complexity index is 2010. The Morgan fingerprint density at radius 3 is 2.46 bits per heavy atom. The molecule has 0 radical (unpaired) electrons. The number of ether oxygens (including phenoxy) is 5. The first-order valence-corrected chi connectivity index (χ1v) is 16.4. The van der Waals surface area contributed by atoms with Crippen molar-refractivity contribution < 1.29 is 53.0 Å². The SMILES string of the molecule is COc1c(O[C@@H]2OC(C)(C)[C@@H](OC)[C@H](OC(=O)c3ccc(C)s3)[C@H]2O)ccc2c(O)c(NC(=O)c3ccc(O)c(CC=C(C)C)c3)c(=O)oc12. The van der Waals surface area contributed by atoms with Gasteiger partial charge in [0.05, 0.1) is 18.1 Å². The number of allylic oxidation sites excluding steroid dienone is 2. The maximum atomic E-state index is 13.1. The number of esters is 1. The lowest BCUT2D eigenvalue weighted by atomic mass is 9.89. The number of phenols is 1. The number of rotatable bonds is 10. The number of amides is 1. The summed E-state index contributed by atoms with van der Waals surface area (Å²) in [6.45, 7) is 9.05. The lowest BCUT2D eigenvalue weighted by Crippen LogP contribution is -2.65. The summed E-state index contributed by atoms with van der Waals surface area (Å²) in [7, 11) is 2.69. The Labute approximate surface area is 291 Å². The maximum absolute atomic E-state index is 13.1. The van der Waals surface area contributed by atoms with Crippen LogP contribution >= 0.6 is 11.3 Å². The Morgan fingerprint density at radius 2 is 1.82 bits per heavy atom. The van der Waals surface area contributed by atoms with E-state index in [1.165, 1.54) is 55.9 Å². The minimum atomic E-state index is -1.54. The van der Waals surface area contributed by atoms with E-state index in [1.807, 2.05) is 26.8 Å². The highest BCUT2D eigenvalue weighted by Gasteiger charge is 2.53. The quantitative estimate of drug-likeness (QED) is 0.0928. The third-order valence-electron chi connectivity index (χ3n) is 8.18. The van der Waals surface area contributed by atoms with Gasteiger partial charge in [0.1, 0.15) is 16.7 Å². The summed E-state index contributed by atoms with van der Waals surface area (Å²) in [4.78, 5) is 40.5. The molecule has 2 aromatic heterocycles. The zero-order valence-electron chi connectivity index (χ0n) is 28.6. The van der Waals surface area contributed by atoms with E-state index >= 15 is 0 Å². The van der Waals surface area contributed by atoms with Crippen molar-refractivity contribution in [1.29, 1.82) is 0 Å². The summed E-state index contributed by atoms with van der Waals surface area (Å²) in [6, 6.07) is 10.4. The average Bonchev–Trinajstić information content (AvgIpc) is 3.50. The van der Waals surface area contributed by atoms with Gasteiger partial charge in [-0.1, -0.05) is 11.6 Å². The lowest BCUT2D eigenvalue weighted by molar-refractivity contribution is -0.305. The fourth-order valence-corrected chi connectivity index (χ4v) is 6.40. The second kappa shape index (κ2) is 14.5. The normalized spacial score (nSPS) is 19.8. The molecule has 4 atom stereocenters. The van der Waals surface area contributed by atoms with Gasteiger partial charge in [-0.05, 0) is 89.1 Å². The van der Waals surface area contributed by atoms with E-state index in [4.69, 9.17) is 28.1 Å². The molecule has 0 unspecified atom stereocenters. The number of nitrogens with one attached hydrogen (secondary N) is 1. The molecule has 1 fully saturated rings. The number of aliphatic hydroxyl groups is 1. The van der Waals surface area contributed by atoms with Gasteiger partial charge in [-0.3, -0.25) is 4.79 Å². The lowest BCUT2D eigenvalue weighted by Gasteiger charge is -2.47. The monoisotopic (exact) mass is 709 g/mol. The van der Waals surface area contributed by atoms with E-state index in [0.29, 0.717) is 16.9 Å². The van der Waals surface area contributed by atoms with Crippen LogP contribution in [0.3, 0.4) is 0 Å². The molecular formula is C36H39NO12S. The van der Waals surface area contributed by atoms with Crippen LogP contribution in [0.15, 0.2) is 63.3 Å². The molecule has 50 heavy (non-hydrogen) atoms. The summed E-state index contributed by atoms with van der Waals surface area (Å²) < 4.78 is 34.5. The Morgan fingerprint density at radius 1 is 1.08 bits per heavy atom. The van der Waals surface area contributed by atoms with E-state index in [0.717, 1.165) is 10.5 Å². The number of aryl methyl sites for hydroxylation is 1. The molecule has 1 aliphatic rings. The molecule has 14 heteroatoms. The smallest absolute Gasteiger partial charge is 0.364 e. The number of phenolic OH excluding ortho intramolecular Hbond substituents is 1. The van der Waals surface area contributed by atoms with Crippen molar-refractivity contribution in [3.63, 3.8) is 0 Å². The minimum absolute atomic E-state index is 0.00184. The van der Waals surface area contributed by atoms with Crippen LogP contribution in [-0.4, -0.2) is 71.6 Å². The molecule has 0 aliphatic carbocycles. The van der Waals surface area contributed by atoms with Crippen molar-refractivity contribution in [1.82, 2.24) is 0 Å². The minimum Gasteiger partial charge on any atom is -0.508 e. The largest absolute Gasteiger partial charge is 0.508 e. The van der Waals surface area contributed by atoms with Gasteiger partial charge >= 0.3 is 11.6 Å². The van der Waals surface area contributed by atoms with E-state index in [-0.39, 0.29) is 33.8 Å². The van der Waals surface area contributed by atoms with Gasteiger partial charge in [0, 0.05) is 17.6 Å². The number of methoxy groups -OCH3 is 2. The Kier molecular flexibility index (Phi) is 10.6. The van der Waals surface area contributed by atoms with E-state index in [2.05, 4.69) is 5.32 Å². The number of aromatic hydroxyl groups is 2. The van der Waals surface area contributed by atoms with Crippen molar-refractivity contribution in [2.45, 2.75) is 71.2 Å². The zero-order valence-corrected chi connectivity index (χ0v) is 29.4. The average molecular weight is 710 g/mol. The van der Waals surface area contributed by atoms with Crippen LogP contribution < -0.4 is 20.4 Å². The van der Waals surface area contributed by atoms with Gasteiger partial charge in [0.15, 0.2) is 35.0 Å². The number of carbonyl (C=O) groups is 2. The first kappa shape index (κ1) is 36.4. The summed E-state index contributed by atoms with van der Waals surface area (Å²) in [5.74, 6) is -2.12. The van der Waals surface area contributed by atoms with Crippen molar-refractivity contribution in [2.24, 2.45) is 0 Å². The number of fused-ring (bicyclic) bond motifs is 1. The van der Waals surface area contributed by atoms with Crippen molar-refractivity contribution >= 4 is 39.9 Å². The van der Waals surface area contributed by atoms with Crippen molar-refractivity contribution in [3.8, 4) is 23.0 Å². The molecule has 2 aromatic carbocycles. The Hall–Kier alpha value is -4.89. The molecule has 1 saturated heterocycles. The molecule has 0 saturated carbocycles. The van der Waals surface area contributed by atoms with Crippen LogP contribution in [0.2, 0.25) is 0 Å². The topological polar surface area (TPSA) is 183 Å². The third kappa shape index (κ3) is 7.33. The van der Waals surface area contributed by atoms with E-state index in [1.54, 1.807) is 26.0 Å². The van der Waals surface area contributed by atoms with Gasteiger partial charge < -0.3 is 48.7 Å². The van der Waals surface area contributed by atoms with Gasteiger partial charge in [0.25, 0.3) is 5.91 Å². The fourth-order valence-electron chi connectivity index (χ4n) is 5.65. The predicted octanol–water partition coefficient (Wildman–Crippen LogP) is 5.46. The Balaban J connectivity index is 1.43. The molecule has 1 aliphatic heterocycles. The highest BCUT2D eigenvalue weighted by molar-refractivity contribution is 7.13. The van der Waals surface area contributed by atoms with Gasteiger partial charge in [-0.15, -0.1) is 11.3 Å². The fraction of sp³-hybridized carbons (Fsp3) is 0.361. The van der Waals surface area contributed by atoms with Crippen LogP contribution in [0.1, 0.15) is 58.2 Å². The second-order valence-electron chi connectivity index (χ2n) is 12.5. The van der Waals surface area contributed by atoms with Gasteiger partial charge in [0.2, 0.25) is 12.0 Å². The summed E-state index contributed by atoms with van der Waals surface area (Å²) in [6.07, 6.45) is -2.77. The second-order valence-corrected chi connectivity index (χ2v) is 13.8. The molecule has 4 aromatic rings. The van der Waals surface area contributed by atoms with Crippen LogP contribution in [0.5, 0.6) is 23.0 Å². The van der Waals surface area contributed by atoms with E-state index in [9.17, 15) is 29.7 Å². The zero-order chi connectivity index (χ0) is 36.5. The molecule has 1 amide bonds. The predicted molar refractivity (Wildman–Crippen MR) is 185 cm³/mol. The van der Waals surface area contributed by atoms with Crippen molar-refractivity contribution in [2.75, 3.05) is 19.5 Å². The number of carbonyl (C=O) groups excluding carboxylic acids is 2. The number of benzene rings is 2. The molecular weight excluding hydrogens is 670 g/mol. The molecule has 266 valence electrons. The highest BCUT2D eigenvalue weighted by atomic mass is 32.1. The number of aliphatic hydroxyl groups excluding tert-OH is 1. The third-order valence-corrected chi connectivity index (χ3v) is 9.16. The number of hydrogen-bond acceptors (Lipinski definition) is 13. The molecule has 5 rings (SSSR count). The van der Waals surface area contributed by atoms with E-state index < -0.39 is 59.1 Å². The number of anilines is 1. The van der Waals surface area contributed by atoms with Gasteiger partial charge in [-0.2, -0.15) is 0 Å². The van der Waals surface area contributed by atoms with Crippen LogP contribution in [-0.2, 0) is 20.6 Å². The summed E-state index contributed by atoms with van der Waals surface area (Å²) in [5, 5.41) is 35.1. The summed E-state index contributed by atoms with van der Waals surface area (Å²) >= 11 is 1.25. The first-order chi connectivity index (χ1) is 23.6. The molecule has 13 nitrogen and oxygen atoms in total. The standard InChI is InChI=1S/C36H39NO12S/c1-17(2)8-10-19-16-20(11-13-22(19)38)32(41)37-25-26(39)21-12-14-23(29(44-6)28(21)47-34(25)43)46-35-27(40)30(31(45-7)36(4,5)49-35)48-33(42)24-15-9-18(3)50-24/h8-9,11-16,27,30-31,35,38-40H,10H2,1-7H3,(H,37,41)/t27-,30-,31+,35-/m1/s1. The van der Waals surface area contributed by atoms with Crippen LogP contribution in [0.25, 0.3) is 11.0 Å². The molecule has 0 bridgehead atoms. The molecule has 3 heterocycles.